The molecule has 0 aliphatic rings. The highest BCUT2D eigenvalue weighted by molar-refractivity contribution is 9.10. The van der Waals surface area contributed by atoms with Crippen molar-refractivity contribution in [2.45, 2.75) is 38.8 Å². The normalized spacial score (nSPS) is 13.9. The fourth-order valence-corrected chi connectivity index (χ4v) is 2.81. The van der Waals surface area contributed by atoms with E-state index in [1.807, 2.05) is 25.1 Å². The van der Waals surface area contributed by atoms with Crippen LogP contribution >= 0.6 is 15.9 Å². The van der Waals surface area contributed by atoms with Crippen LogP contribution in [-0.2, 0) is 6.42 Å². The molecule has 0 heterocycles. The van der Waals surface area contributed by atoms with Crippen molar-refractivity contribution in [3.63, 3.8) is 0 Å². The lowest BCUT2D eigenvalue weighted by molar-refractivity contribution is 0.443. The summed E-state index contributed by atoms with van der Waals surface area (Å²) in [6.45, 7) is 4.15. The van der Waals surface area contributed by atoms with Gasteiger partial charge < -0.3 is 5.32 Å². The van der Waals surface area contributed by atoms with Gasteiger partial charge in [-0.1, -0.05) is 52.3 Å². The molecule has 0 saturated carbocycles. The second-order valence-corrected chi connectivity index (χ2v) is 6.40. The number of rotatable bonds is 6. The highest BCUT2D eigenvalue weighted by Crippen LogP contribution is 2.21. The lowest BCUT2D eigenvalue weighted by atomic mass is 10.0. The molecule has 2 unspecified atom stereocenters. The topological polar surface area (TPSA) is 12.0 Å². The van der Waals surface area contributed by atoms with Crippen molar-refractivity contribution in [3.05, 3.63) is 69.9 Å². The highest BCUT2D eigenvalue weighted by atomic mass is 79.9. The van der Waals surface area contributed by atoms with Crippen molar-refractivity contribution in [3.8, 4) is 0 Å². The first-order chi connectivity index (χ1) is 10.1. The summed E-state index contributed by atoms with van der Waals surface area (Å²) in [5.41, 5.74) is 2.05. The molecule has 0 spiro atoms. The molecule has 1 nitrogen and oxygen atoms in total. The SMILES string of the molecule is CC(CCc1ccccc1)NC(C)c1ccc(Br)cc1F. The maximum atomic E-state index is 13.9. The Kier molecular flexibility index (Phi) is 5.95. The summed E-state index contributed by atoms with van der Waals surface area (Å²) >= 11 is 3.29. The first kappa shape index (κ1) is 16.2. The van der Waals surface area contributed by atoms with Gasteiger partial charge in [0.1, 0.15) is 5.82 Å². The Labute approximate surface area is 134 Å². The number of nitrogens with one attached hydrogen (secondary N) is 1. The molecule has 2 atom stereocenters. The van der Waals surface area contributed by atoms with Crippen molar-refractivity contribution >= 4 is 15.9 Å². The average molecular weight is 350 g/mol. The third-order valence-electron chi connectivity index (χ3n) is 3.67. The second kappa shape index (κ2) is 7.71. The predicted molar refractivity (Wildman–Crippen MR) is 89.9 cm³/mol. The third-order valence-corrected chi connectivity index (χ3v) is 4.17. The minimum absolute atomic E-state index is 0.00359. The summed E-state index contributed by atoms with van der Waals surface area (Å²) in [6, 6.07) is 16.0. The Morgan fingerprint density at radius 3 is 2.48 bits per heavy atom. The molecule has 2 aromatic carbocycles. The van der Waals surface area contributed by atoms with E-state index in [1.54, 1.807) is 0 Å². The van der Waals surface area contributed by atoms with Crippen LogP contribution < -0.4 is 5.32 Å². The maximum Gasteiger partial charge on any atom is 0.129 e. The zero-order valence-electron chi connectivity index (χ0n) is 12.4. The molecule has 112 valence electrons. The lowest BCUT2D eigenvalue weighted by Crippen LogP contribution is -2.29. The van der Waals surface area contributed by atoms with Gasteiger partial charge in [0.05, 0.1) is 0 Å². The molecule has 0 aliphatic carbocycles. The van der Waals surface area contributed by atoms with Crippen molar-refractivity contribution < 1.29 is 4.39 Å². The van der Waals surface area contributed by atoms with Crippen LogP contribution in [0.25, 0.3) is 0 Å². The quantitative estimate of drug-likeness (QED) is 0.749. The van der Waals surface area contributed by atoms with Gasteiger partial charge in [0.2, 0.25) is 0 Å². The van der Waals surface area contributed by atoms with Gasteiger partial charge in [0.25, 0.3) is 0 Å². The number of halogens is 2. The van der Waals surface area contributed by atoms with Gasteiger partial charge in [-0.05, 0) is 44.4 Å². The van der Waals surface area contributed by atoms with E-state index >= 15 is 0 Å². The van der Waals surface area contributed by atoms with E-state index in [4.69, 9.17) is 0 Å². The first-order valence-electron chi connectivity index (χ1n) is 7.31. The molecule has 21 heavy (non-hydrogen) atoms. The molecule has 0 saturated heterocycles. The first-order valence-corrected chi connectivity index (χ1v) is 8.10. The summed E-state index contributed by atoms with van der Waals surface area (Å²) in [7, 11) is 0. The maximum absolute atomic E-state index is 13.9. The average Bonchev–Trinajstić information content (AvgIpc) is 2.46. The molecule has 0 fully saturated rings. The Bertz CT molecular complexity index is 571. The summed E-state index contributed by atoms with van der Waals surface area (Å²) in [5, 5.41) is 3.47. The summed E-state index contributed by atoms with van der Waals surface area (Å²) < 4.78 is 14.7. The van der Waals surface area contributed by atoms with Gasteiger partial charge >= 0.3 is 0 Å². The molecular formula is C18H21BrFN. The Hall–Kier alpha value is -1.19. The van der Waals surface area contributed by atoms with E-state index in [1.165, 1.54) is 11.6 Å². The molecule has 0 aromatic heterocycles. The van der Waals surface area contributed by atoms with Crippen LogP contribution in [0.5, 0.6) is 0 Å². The Morgan fingerprint density at radius 2 is 1.81 bits per heavy atom. The van der Waals surface area contributed by atoms with Gasteiger partial charge in [-0.25, -0.2) is 4.39 Å². The largest absolute Gasteiger partial charge is 0.308 e. The molecule has 0 aliphatic heterocycles. The fourth-order valence-electron chi connectivity index (χ4n) is 2.48. The second-order valence-electron chi connectivity index (χ2n) is 5.48. The van der Waals surface area contributed by atoms with Crippen LogP contribution in [0.15, 0.2) is 53.0 Å². The molecule has 0 radical (unpaired) electrons. The number of hydrogen-bond acceptors (Lipinski definition) is 1. The minimum atomic E-state index is -0.167. The van der Waals surface area contributed by atoms with E-state index in [0.717, 1.165) is 17.3 Å². The summed E-state index contributed by atoms with van der Waals surface area (Å²) in [4.78, 5) is 0. The van der Waals surface area contributed by atoms with Gasteiger partial charge in [0.15, 0.2) is 0 Å². The minimum Gasteiger partial charge on any atom is -0.308 e. The van der Waals surface area contributed by atoms with Gasteiger partial charge in [0, 0.05) is 22.1 Å². The number of benzene rings is 2. The van der Waals surface area contributed by atoms with Crippen LogP contribution in [0.1, 0.15) is 37.4 Å². The Morgan fingerprint density at radius 1 is 1.10 bits per heavy atom. The van der Waals surface area contributed by atoms with Crippen molar-refractivity contribution in [2.75, 3.05) is 0 Å². The van der Waals surface area contributed by atoms with Crippen LogP contribution in [0, 0.1) is 5.82 Å². The summed E-state index contributed by atoms with van der Waals surface area (Å²) in [6.07, 6.45) is 2.07. The van der Waals surface area contributed by atoms with Gasteiger partial charge in [-0.2, -0.15) is 0 Å². The van der Waals surface area contributed by atoms with Crippen LogP contribution in [0.4, 0.5) is 4.39 Å². The number of aryl methyl sites for hydroxylation is 1. The molecule has 3 heteroatoms. The monoisotopic (exact) mass is 349 g/mol. The smallest absolute Gasteiger partial charge is 0.129 e. The molecule has 2 rings (SSSR count). The third kappa shape index (κ3) is 4.94. The zero-order chi connectivity index (χ0) is 15.2. The van der Waals surface area contributed by atoms with E-state index in [2.05, 4.69) is 52.4 Å². The molecule has 1 N–H and O–H groups in total. The molecular weight excluding hydrogens is 329 g/mol. The Balaban J connectivity index is 1.88. The summed E-state index contributed by atoms with van der Waals surface area (Å²) in [5.74, 6) is -0.167. The molecule has 0 amide bonds. The lowest BCUT2D eigenvalue weighted by Gasteiger charge is -2.21. The highest BCUT2D eigenvalue weighted by Gasteiger charge is 2.13. The van der Waals surface area contributed by atoms with Gasteiger partial charge in [-0.3, -0.25) is 0 Å². The van der Waals surface area contributed by atoms with Crippen molar-refractivity contribution in [2.24, 2.45) is 0 Å². The fraction of sp³-hybridized carbons (Fsp3) is 0.333. The molecule has 0 bridgehead atoms. The standard InChI is InChI=1S/C18H21BrFN/c1-13(8-9-15-6-4-3-5-7-15)21-14(2)17-11-10-16(19)12-18(17)20/h3-7,10-14,21H,8-9H2,1-2H3. The zero-order valence-corrected chi connectivity index (χ0v) is 14.0. The van der Waals surface area contributed by atoms with Crippen LogP contribution in [0.2, 0.25) is 0 Å². The van der Waals surface area contributed by atoms with Crippen molar-refractivity contribution in [1.29, 1.82) is 0 Å². The van der Waals surface area contributed by atoms with E-state index in [9.17, 15) is 4.39 Å². The molecule has 2 aromatic rings. The van der Waals surface area contributed by atoms with E-state index < -0.39 is 0 Å². The van der Waals surface area contributed by atoms with E-state index in [-0.39, 0.29) is 11.9 Å². The van der Waals surface area contributed by atoms with Gasteiger partial charge in [-0.15, -0.1) is 0 Å². The van der Waals surface area contributed by atoms with Crippen molar-refractivity contribution in [1.82, 2.24) is 5.32 Å². The predicted octanol–water partition coefficient (Wildman–Crippen LogP) is 5.26. The number of hydrogen-bond donors (Lipinski definition) is 1. The van der Waals surface area contributed by atoms with Crippen LogP contribution in [-0.4, -0.2) is 6.04 Å². The van der Waals surface area contributed by atoms with E-state index in [0.29, 0.717) is 11.6 Å². The van der Waals surface area contributed by atoms with Crippen LogP contribution in [0.3, 0.4) is 0 Å².